The summed E-state index contributed by atoms with van der Waals surface area (Å²) in [7, 11) is 0. The van der Waals surface area contributed by atoms with E-state index in [9.17, 15) is 25.5 Å². The van der Waals surface area contributed by atoms with E-state index in [-0.39, 0.29) is 62.5 Å². The van der Waals surface area contributed by atoms with Crippen LogP contribution in [0.4, 0.5) is 0 Å². The minimum absolute atomic E-state index is 0. The lowest BCUT2D eigenvalue weighted by atomic mass is 10.1. The lowest BCUT2D eigenvalue weighted by Gasteiger charge is -2.01. The SMILES string of the molecule is Oc1cc(O)c2cc(O)c(-c3ccc(O)c(O)c3)[o+]c2c1.[Br-]. The van der Waals surface area contributed by atoms with Crippen LogP contribution < -0.4 is 17.0 Å². The first kappa shape index (κ1) is 15.7. The molecule has 6 nitrogen and oxygen atoms in total. The molecule has 2 aromatic carbocycles. The van der Waals surface area contributed by atoms with E-state index in [1.807, 2.05) is 0 Å². The molecule has 5 N–H and O–H groups in total. The monoisotopic (exact) mass is 366 g/mol. The molecule has 0 bridgehead atoms. The van der Waals surface area contributed by atoms with Gasteiger partial charge in [-0.05, 0) is 12.1 Å². The quantitative estimate of drug-likeness (QED) is 0.304. The van der Waals surface area contributed by atoms with Crippen LogP contribution in [0.5, 0.6) is 28.7 Å². The highest BCUT2D eigenvalue weighted by Crippen LogP contribution is 2.40. The third-order valence-corrected chi connectivity index (χ3v) is 3.07. The summed E-state index contributed by atoms with van der Waals surface area (Å²) in [4.78, 5) is 0. The van der Waals surface area contributed by atoms with E-state index >= 15 is 0 Å². The number of phenolic OH excluding ortho intramolecular Hbond substituents is 4. The zero-order valence-corrected chi connectivity index (χ0v) is 12.6. The zero-order valence-electron chi connectivity index (χ0n) is 11.0. The highest BCUT2D eigenvalue weighted by atomic mass is 79.9. The highest BCUT2D eigenvalue weighted by Gasteiger charge is 2.24. The lowest BCUT2D eigenvalue weighted by molar-refractivity contribution is -0.00000944. The molecule has 0 fully saturated rings. The number of halogens is 1. The number of hydrogen-bond donors (Lipinski definition) is 5. The maximum atomic E-state index is 10.0. The summed E-state index contributed by atoms with van der Waals surface area (Å²) in [5, 5.41) is 48.2. The van der Waals surface area contributed by atoms with Gasteiger partial charge in [-0.3, -0.25) is 0 Å². The normalized spacial score (nSPS) is 10.4. The van der Waals surface area contributed by atoms with Gasteiger partial charge in [-0.2, -0.15) is 0 Å². The Kier molecular flexibility index (Phi) is 4.01. The van der Waals surface area contributed by atoms with Crippen LogP contribution in [0.3, 0.4) is 0 Å². The average molecular weight is 367 g/mol. The molecule has 22 heavy (non-hydrogen) atoms. The van der Waals surface area contributed by atoms with E-state index in [4.69, 9.17) is 4.42 Å². The molecule has 3 rings (SSSR count). The predicted octanol–water partition coefficient (Wildman–Crippen LogP) is -0.0871. The molecule has 114 valence electrons. The number of rotatable bonds is 1. The largest absolute Gasteiger partial charge is 1.00 e. The molecule has 0 saturated carbocycles. The molecular formula is C15H11BrO6. The van der Waals surface area contributed by atoms with E-state index in [1.165, 1.54) is 30.3 Å². The number of aromatic hydroxyl groups is 5. The van der Waals surface area contributed by atoms with Gasteiger partial charge in [0.2, 0.25) is 5.75 Å². The van der Waals surface area contributed by atoms with Gasteiger partial charge >= 0.3 is 11.3 Å². The Morgan fingerprint density at radius 2 is 1.41 bits per heavy atom. The van der Waals surface area contributed by atoms with Gasteiger partial charge in [0.05, 0.1) is 11.6 Å². The maximum Gasteiger partial charge on any atom is 0.402 e. The maximum absolute atomic E-state index is 10.0. The summed E-state index contributed by atoms with van der Waals surface area (Å²) in [6.07, 6.45) is 0. The fourth-order valence-corrected chi connectivity index (χ4v) is 2.06. The van der Waals surface area contributed by atoms with Crippen LogP contribution in [0, 0.1) is 0 Å². The fourth-order valence-electron chi connectivity index (χ4n) is 2.06. The molecular weight excluding hydrogens is 356 g/mol. The number of phenols is 4. The average Bonchev–Trinajstić information content (AvgIpc) is 2.42. The second kappa shape index (κ2) is 5.61. The van der Waals surface area contributed by atoms with Gasteiger partial charge < -0.3 is 42.5 Å². The van der Waals surface area contributed by atoms with Crippen LogP contribution in [-0.4, -0.2) is 25.5 Å². The number of fused-ring (bicyclic) bond motifs is 1. The first-order chi connectivity index (χ1) is 9.95. The second-order valence-corrected chi connectivity index (χ2v) is 4.54. The molecule has 7 heteroatoms. The predicted molar refractivity (Wildman–Crippen MR) is 74.4 cm³/mol. The van der Waals surface area contributed by atoms with Crippen molar-refractivity contribution < 1.29 is 46.9 Å². The van der Waals surface area contributed by atoms with E-state index < -0.39 is 0 Å². The van der Waals surface area contributed by atoms with Crippen LogP contribution in [0.2, 0.25) is 0 Å². The van der Waals surface area contributed by atoms with Crippen molar-refractivity contribution >= 4 is 11.0 Å². The standard InChI is InChI=1S/C15H10O6.BrH/c16-8-4-11(18)9-6-13(20)15(21-14(9)5-8)7-1-2-10(17)12(19)3-7;/h1-6H,(H4-,16,17,18,19,20);1H. The van der Waals surface area contributed by atoms with Crippen molar-refractivity contribution in [3.8, 4) is 40.1 Å². The molecule has 0 spiro atoms. The van der Waals surface area contributed by atoms with E-state index in [0.29, 0.717) is 5.56 Å². The Morgan fingerprint density at radius 3 is 2.09 bits per heavy atom. The first-order valence-electron chi connectivity index (χ1n) is 6.00. The Bertz CT molecular complexity index is 862. The molecule has 0 saturated heterocycles. The molecule has 0 atom stereocenters. The third kappa shape index (κ3) is 2.58. The van der Waals surface area contributed by atoms with Gasteiger partial charge in [0.1, 0.15) is 16.9 Å². The van der Waals surface area contributed by atoms with Crippen LogP contribution in [0.25, 0.3) is 22.3 Å². The van der Waals surface area contributed by atoms with Crippen LogP contribution in [0.15, 0.2) is 40.8 Å². The molecule has 0 amide bonds. The van der Waals surface area contributed by atoms with Crippen molar-refractivity contribution in [1.29, 1.82) is 0 Å². The molecule has 3 aromatic rings. The summed E-state index contributed by atoms with van der Waals surface area (Å²) in [6, 6.07) is 7.63. The zero-order chi connectivity index (χ0) is 15.1. The van der Waals surface area contributed by atoms with Gasteiger partial charge in [-0.1, -0.05) is 0 Å². The molecule has 0 radical (unpaired) electrons. The highest BCUT2D eigenvalue weighted by molar-refractivity contribution is 5.88. The van der Waals surface area contributed by atoms with Crippen LogP contribution in [0.1, 0.15) is 0 Å². The molecule has 1 heterocycles. The van der Waals surface area contributed by atoms with Crippen molar-refractivity contribution in [2.75, 3.05) is 0 Å². The second-order valence-electron chi connectivity index (χ2n) is 4.54. The summed E-state index contributed by atoms with van der Waals surface area (Å²) in [5.41, 5.74) is 0.486. The van der Waals surface area contributed by atoms with Crippen LogP contribution >= 0.6 is 0 Å². The van der Waals surface area contributed by atoms with E-state index in [0.717, 1.165) is 6.07 Å². The minimum atomic E-state index is -0.360. The topological polar surface area (TPSA) is 112 Å². The summed E-state index contributed by atoms with van der Waals surface area (Å²) >= 11 is 0. The lowest BCUT2D eigenvalue weighted by Crippen LogP contribution is -3.00. The van der Waals surface area contributed by atoms with Gasteiger partial charge in [-0.15, -0.1) is 0 Å². The van der Waals surface area contributed by atoms with Crippen molar-refractivity contribution in [3.63, 3.8) is 0 Å². The minimum Gasteiger partial charge on any atom is -1.00 e. The Morgan fingerprint density at radius 1 is 0.682 bits per heavy atom. The van der Waals surface area contributed by atoms with Crippen molar-refractivity contribution in [2.45, 2.75) is 0 Å². The van der Waals surface area contributed by atoms with E-state index in [1.54, 1.807) is 0 Å². The number of hydrogen-bond acceptors (Lipinski definition) is 5. The van der Waals surface area contributed by atoms with Gasteiger partial charge in [-0.25, -0.2) is 4.42 Å². The van der Waals surface area contributed by atoms with Crippen molar-refractivity contribution in [1.82, 2.24) is 0 Å². The Balaban J connectivity index is 0.00000176. The Labute approximate surface area is 134 Å². The van der Waals surface area contributed by atoms with Gasteiger partial charge in [0.15, 0.2) is 11.5 Å². The number of benzene rings is 2. The summed E-state index contributed by atoms with van der Waals surface area (Å²) in [6.45, 7) is 0. The van der Waals surface area contributed by atoms with Crippen LogP contribution in [-0.2, 0) is 0 Å². The van der Waals surface area contributed by atoms with Gasteiger partial charge in [0.25, 0.3) is 0 Å². The smallest absolute Gasteiger partial charge is 0.402 e. The molecule has 0 aliphatic heterocycles. The Hall–Kier alpha value is -2.67. The molecule has 0 aliphatic carbocycles. The molecule has 1 aromatic heterocycles. The van der Waals surface area contributed by atoms with Crippen molar-refractivity contribution in [2.24, 2.45) is 0 Å². The fraction of sp³-hybridized carbons (Fsp3) is 0. The summed E-state index contributed by atoms with van der Waals surface area (Å²) in [5.74, 6) is -1.30. The molecule has 0 aliphatic rings. The van der Waals surface area contributed by atoms with Gasteiger partial charge in [0, 0.05) is 18.2 Å². The third-order valence-electron chi connectivity index (χ3n) is 3.07. The van der Waals surface area contributed by atoms with E-state index in [2.05, 4.69) is 0 Å². The first-order valence-corrected chi connectivity index (χ1v) is 6.00. The molecule has 0 unspecified atom stereocenters. The van der Waals surface area contributed by atoms with Crippen molar-refractivity contribution in [3.05, 3.63) is 36.4 Å². The summed E-state index contributed by atoms with van der Waals surface area (Å²) < 4.78 is 5.47.